The molecule has 0 saturated carbocycles. The summed E-state index contributed by atoms with van der Waals surface area (Å²) >= 11 is 0. The van der Waals surface area contributed by atoms with Crippen LogP contribution in [0.1, 0.15) is 36.5 Å². The number of furan rings is 1. The molecule has 0 bridgehead atoms. The summed E-state index contributed by atoms with van der Waals surface area (Å²) in [6.07, 6.45) is 0. The molecule has 6 rings (SSSR count). The molecule has 6 aromatic rings. The summed E-state index contributed by atoms with van der Waals surface area (Å²) in [5, 5.41) is 13.1. The van der Waals surface area contributed by atoms with E-state index in [1.807, 2.05) is 30.3 Å². The van der Waals surface area contributed by atoms with Gasteiger partial charge in [0.2, 0.25) is 11.2 Å². The van der Waals surface area contributed by atoms with Gasteiger partial charge in [-0.15, -0.1) is 0 Å². The highest BCUT2D eigenvalue weighted by Crippen LogP contribution is 2.42. The van der Waals surface area contributed by atoms with E-state index in [-0.39, 0.29) is 0 Å². The predicted molar refractivity (Wildman–Crippen MR) is 147 cm³/mol. The summed E-state index contributed by atoms with van der Waals surface area (Å²) in [6.45, 7) is 6.62. The Morgan fingerprint density at radius 2 is 1.58 bits per heavy atom. The lowest BCUT2D eigenvalue weighted by Gasteiger charge is -2.13. The van der Waals surface area contributed by atoms with E-state index in [0.717, 1.165) is 49.9 Å². The lowest BCUT2D eigenvalue weighted by Crippen LogP contribution is -2.33. The van der Waals surface area contributed by atoms with Crippen LogP contribution in [0.3, 0.4) is 0 Å². The van der Waals surface area contributed by atoms with E-state index in [9.17, 15) is 5.26 Å². The van der Waals surface area contributed by atoms with E-state index in [2.05, 4.69) is 93.1 Å². The van der Waals surface area contributed by atoms with Gasteiger partial charge in [-0.05, 0) is 47.7 Å². The average Bonchev–Trinajstić information content (AvgIpc) is 3.29. The average molecular weight is 468 g/mol. The largest absolute Gasteiger partial charge is 0.454 e. The molecular formula is C33H27N2O+. The molecule has 0 unspecified atom stereocenters. The zero-order valence-corrected chi connectivity index (χ0v) is 21.0. The number of fused-ring (bicyclic) bond motifs is 4. The normalized spacial score (nSPS) is 11.6. The van der Waals surface area contributed by atoms with Gasteiger partial charge in [-0.3, -0.25) is 0 Å². The highest BCUT2D eigenvalue weighted by Gasteiger charge is 2.26. The molecule has 3 heteroatoms. The minimum Gasteiger partial charge on any atom is -0.454 e. The van der Waals surface area contributed by atoms with Crippen LogP contribution >= 0.6 is 0 Å². The molecule has 0 radical (unpaired) electrons. The van der Waals surface area contributed by atoms with Gasteiger partial charge in [0.25, 0.3) is 0 Å². The van der Waals surface area contributed by atoms with Crippen molar-refractivity contribution in [3.8, 4) is 28.5 Å². The number of nitriles is 1. The van der Waals surface area contributed by atoms with Crippen LogP contribution in [0.25, 0.3) is 55.2 Å². The molecule has 0 N–H and O–H groups in total. The van der Waals surface area contributed by atoms with Gasteiger partial charge in [0.05, 0.1) is 17.2 Å². The quantitative estimate of drug-likeness (QED) is 0.246. The predicted octanol–water partition coefficient (Wildman–Crippen LogP) is 8.20. The molecule has 3 nitrogen and oxygen atoms in total. The SMILES string of the molecule is Cc1ccc2c(oc3c(-c4ccccc4)ccc(C#N)c32)c1-c1cc(C(C)C)c2ccccc2[n+]1C. The van der Waals surface area contributed by atoms with E-state index >= 15 is 0 Å². The maximum atomic E-state index is 9.98. The fraction of sp³-hybridized carbons (Fsp3) is 0.152. The second-order valence-electron chi connectivity index (χ2n) is 9.79. The summed E-state index contributed by atoms with van der Waals surface area (Å²) < 4.78 is 9.01. The lowest BCUT2D eigenvalue weighted by atomic mass is 9.93. The van der Waals surface area contributed by atoms with Gasteiger partial charge < -0.3 is 4.42 Å². The number of rotatable bonds is 3. The maximum Gasteiger partial charge on any atom is 0.217 e. The summed E-state index contributed by atoms with van der Waals surface area (Å²) in [6, 6.07) is 31.7. The van der Waals surface area contributed by atoms with Crippen LogP contribution in [0, 0.1) is 18.3 Å². The van der Waals surface area contributed by atoms with Crippen molar-refractivity contribution >= 4 is 32.8 Å². The molecular weight excluding hydrogens is 440 g/mol. The van der Waals surface area contributed by atoms with Gasteiger partial charge in [0, 0.05) is 33.9 Å². The van der Waals surface area contributed by atoms with Crippen LogP contribution in [-0.4, -0.2) is 0 Å². The minimum atomic E-state index is 0.375. The van der Waals surface area contributed by atoms with Crippen LogP contribution in [0.4, 0.5) is 0 Å². The fourth-order valence-corrected chi connectivity index (χ4v) is 5.48. The highest BCUT2D eigenvalue weighted by molar-refractivity contribution is 6.15. The van der Waals surface area contributed by atoms with E-state index in [1.165, 1.54) is 16.5 Å². The van der Waals surface area contributed by atoms with Crippen LogP contribution in [0.2, 0.25) is 0 Å². The molecule has 36 heavy (non-hydrogen) atoms. The summed E-state index contributed by atoms with van der Waals surface area (Å²) in [5.41, 5.74) is 10.1. The Bertz CT molecular complexity index is 1840. The maximum absolute atomic E-state index is 9.98. The van der Waals surface area contributed by atoms with E-state index < -0.39 is 0 Å². The summed E-state index contributed by atoms with van der Waals surface area (Å²) in [4.78, 5) is 0. The van der Waals surface area contributed by atoms with Crippen molar-refractivity contribution in [2.24, 2.45) is 7.05 Å². The highest BCUT2D eigenvalue weighted by atomic mass is 16.3. The van der Waals surface area contributed by atoms with Crippen molar-refractivity contribution in [1.82, 2.24) is 0 Å². The Kier molecular flexibility index (Phi) is 5.12. The van der Waals surface area contributed by atoms with Crippen LogP contribution in [-0.2, 0) is 7.05 Å². The van der Waals surface area contributed by atoms with Gasteiger partial charge in [-0.2, -0.15) is 9.83 Å². The number of nitrogens with zero attached hydrogens (tertiary/aromatic N) is 2. The van der Waals surface area contributed by atoms with Gasteiger partial charge in [0.15, 0.2) is 0 Å². The molecule has 0 saturated heterocycles. The Hall–Kier alpha value is -4.42. The number of benzene rings is 4. The molecule has 0 atom stereocenters. The first-order chi connectivity index (χ1) is 17.5. The van der Waals surface area contributed by atoms with E-state index in [0.29, 0.717) is 11.5 Å². The third-order valence-corrected chi connectivity index (χ3v) is 7.31. The van der Waals surface area contributed by atoms with Crippen molar-refractivity contribution in [3.05, 3.63) is 102 Å². The van der Waals surface area contributed by atoms with Crippen molar-refractivity contribution < 1.29 is 8.98 Å². The van der Waals surface area contributed by atoms with E-state index in [4.69, 9.17) is 4.42 Å². The number of hydrogen-bond donors (Lipinski definition) is 0. The van der Waals surface area contributed by atoms with Crippen LogP contribution in [0.5, 0.6) is 0 Å². The number of aryl methyl sites for hydroxylation is 2. The molecule has 174 valence electrons. The van der Waals surface area contributed by atoms with Gasteiger partial charge in [0.1, 0.15) is 18.2 Å². The topological polar surface area (TPSA) is 40.8 Å². The zero-order chi connectivity index (χ0) is 25.0. The smallest absolute Gasteiger partial charge is 0.217 e. The Morgan fingerprint density at radius 1 is 0.833 bits per heavy atom. The monoisotopic (exact) mass is 467 g/mol. The number of para-hydroxylation sites is 1. The van der Waals surface area contributed by atoms with Crippen molar-refractivity contribution in [2.75, 3.05) is 0 Å². The number of hydrogen-bond acceptors (Lipinski definition) is 2. The molecule has 0 aliphatic rings. The van der Waals surface area contributed by atoms with Crippen molar-refractivity contribution in [1.29, 1.82) is 5.26 Å². The number of aromatic nitrogens is 1. The van der Waals surface area contributed by atoms with E-state index in [1.54, 1.807) is 0 Å². The summed E-state index contributed by atoms with van der Waals surface area (Å²) in [7, 11) is 2.12. The third kappa shape index (κ3) is 3.22. The first-order valence-corrected chi connectivity index (χ1v) is 12.4. The van der Waals surface area contributed by atoms with Gasteiger partial charge >= 0.3 is 0 Å². The first-order valence-electron chi connectivity index (χ1n) is 12.4. The first kappa shape index (κ1) is 22.1. The molecule has 0 aliphatic heterocycles. The summed E-state index contributed by atoms with van der Waals surface area (Å²) in [5.74, 6) is 0.375. The second kappa shape index (κ2) is 8.36. The Balaban J connectivity index is 1.76. The molecule has 0 amide bonds. The Morgan fingerprint density at radius 3 is 2.33 bits per heavy atom. The molecule has 2 heterocycles. The molecule has 4 aromatic carbocycles. The minimum absolute atomic E-state index is 0.375. The van der Waals surface area contributed by atoms with Crippen LogP contribution < -0.4 is 4.57 Å². The second-order valence-corrected chi connectivity index (χ2v) is 9.79. The zero-order valence-electron chi connectivity index (χ0n) is 21.0. The van der Waals surface area contributed by atoms with Crippen molar-refractivity contribution in [2.45, 2.75) is 26.7 Å². The molecule has 0 aliphatic carbocycles. The lowest BCUT2D eigenvalue weighted by molar-refractivity contribution is -0.633. The van der Waals surface area contributed by atoms with Gasteiger partial charge in [-0.25, -0.2) is 0 Å². The molecule has 2 aromatic heterocycles. The van der Waals surface area contributed by atoms with Crippen LogP contribution in [0.15, 0.2) is 89.3 Å². The van der Waals surface area contributed by atoms with Gasteiger partial charge in [-0.1, -0.05) is 68.4 Å². The van der Waals surface area contributed by atoms with Crippen molar-refractivity contribution in [3.63, 3.8) is 0 Å². The third-order valence-electron chi connectivity index (χ3n) is 7.31. The fourth-order valence-electron chi connectivity index (χ4n) is 5.48. The standard InChI is InChI=1S/C33H27N2O/c1-20(2)27-18-29(35(4)28-13-9-8-12-25(27)28)30-21(3)14-16-26-31-23(19-34)15-17-24(32(31)36-33(26)30)22-10-6-5-7-11-22/h5-18,20H,1-4H3/q+1. The molecule has 0 fully saturated rings. The number of pyridine rings is 1. The molecule has 0 spiro atoms. The Labute approximate surface area is 210 Å².